The number of hydrogen-bond donors (Lipinski definition) is 1. The van der Waals surface area contributed by atoms with Crippen molar-refractivity contribution in [2.24, 2.45) is 11.8 Å². The van der Waals surface area contributed by atoms with E-state index in [1.54, 1.807) is 28.6 Å². The zero-order valence-corrected chi connectivity index (χ0v) is 12.6. The molecule has 1 N–H and O–H groups in total. The largest absolute Gasteiger partial charge is 0.311 e. The monoisotopic (exact) mass is 312 g/mol. The number of hydrogen-bond acceptors (Lipinski definition) is 3. The summed E-state index contributed by atoms with van der Waals surface area (Å²) >= 11 is 6.06. The van der Waals surface area contributed by atoms with Crippen LogP contribution >= 0.6 is 11.6 Å². The highest BCUT2D eigenvalue weighted by atomic mass is 35.5. The normalized spacial score (nSPS) is 36.5. The van der Waals surface area contributed by atoms with Crippen LogP contribution in [0.2, 0.25) is 5.02 Å². The molecule has 3 fully saturated rings. The fourth-order valence-electron chi connectivity index (χ4n) is 4.13. The number of halogens is 1. The fourth-order valence-corrected chi connectivity index (χ4v) is 6.14. The summed E-state index contributed by atoms with van der Waals surface area (Å²) in [4.78, 5) is 0.238. The van der Waals surface area contributed by atoms with E-state index in [2.05, 4.69) is 5.32 Å². The molecule has 3 aliphatic heterocycles. The highest BCUT2D eigenvalue weighted by Crippen LogP contribution is 2.44. The van der Waals surface area contributed by atoms with Crippen molar-refractivity contribution >= 4 is 21.6 Å². The van der Waals surface area contributed by atoms with Crippen molar-refractivity contribution < 1.29 is 8.42 Å². The van der Waals surface area contributed by atoms with Gasteiger partial charge in [-0.2, -0.15) is 4.31 Å². The summed E-state index contributed by atoms with van der Waals surface area (Å²) in [6.07, 6.45) is 2.37. The summed E-state index contributed by atoms with van der Waals surface area (Å²) in [7, 11) is -3.46. The molecule has 3 aliphatic rings. The molecular formula is C14H17ClN2O2S. The predicted octanol–water partition coefficient (Wildman–Crippen LogP) is 1.71. The molecule has 0 spiro atoms. The van der Waals surface area contributed by atoms with Crippen LogP contribution in [-0.2, 0) is 10.0 Å². The molecule has 4 rings (SSSR count). The average molecular weight is 313 g/mol. The fraction of sp³-hybridized carbons (Fsp3) is 0.571. The lowest BCUT2D eigenvalue weighted by Gasteiger charge is -2.20. The molecule has 4 atom stereocenters. The van der Waals surface area contributed by atoms with E-state index in [0.717, 1.165) is 0 Å². The zero-order valence-electron chi connectivity index (χ0n) is 11.0. The molecule has 20 heavy (non-hydrogen) atoms. The van der Waals surface area contributed by atoms with E-state index < -0.39 is 10.0 Å². The van der Waals surface area contributed by atoms with Crippen LogP contribution in [0, 0.1) is 11.8 Å². The summed E-state index contributed by atoms with van der Waals surface area (Å²) in [6.45, 7) is 1.26. The van der Waals surface area contributed by atoms with Gasteiger partial charge in [-0.1, -0.05) is 23.7 Å². The van der Waals surface area contributed by atoms with Crippen molar-refractivity contribution in [2.75, 3.05) is 13.1 Å². The Morgan fingerprint density at radius 3 is 2.30 bits per heavy atom. The number of sulfonamides is 1. The van der Waals surface area contributed by atoms with Gasteiger partial charge in [0.2, 0.25) is 10.0 Å². The number of benzene rings is 1. The highest BCUT2D eigenvalue weighted by molar-refractivity contribution is 7.89. The van der Waals surface area contributed by atoms with E-state index in [-0.39, 0.29) is 4.90 Å². The molecule has 108 valence electrons. The zero-order chi connectivity index (χ0) is 13.9. The Bertz CT molecular complexity index is 630. The molecule has 0 unspecified atom stereocenters. The van der Waals surface area contributed by atoms with E-state index in [4.69, 9.17) is 11.6 Å². The molecule has 4 nitrogen and oxygen atoms in total. The van der Waals surface area contributed by atoms with Gasteiger partial charge in [-0.05, 0) is 36.8 Å². The minimum atomic E-state index is -3.46. The molecule has 0 aromatic heterocycles. The van der Waals surface area contributed by atoms with Crippen LogP contribution in [0.25, 0.3) is 0 Å². The molecule has 2 bridgehead atoms. The maximum absolute atomic E-state index is 12.7. The van der Waals surface area contributed by atoms with E-state index in [0.29, 0.717) is 42.0 Å². The van der Waals surface area contributed by atoms with E-state index >= 15 is 0 Å². The molecule has 0 aliphatic carbocycles. The van der Waals surface area contributed by atoms with Gasteiger partial charge in [-0.15, -0.1) is 0 Å². The van der Waals surface area contributed by atoms with Crippen LogP contribution in [0.3, 0.4) is 0 Å². The Balaban J connectivity index is 1.65. The van der Waals surface area contributed by atoms with Crippen LogP contribution in [0.5, 0.6) is 0 Å². The first-order chi connectivity index (χ1) is 9.57. The van der Waals surface area contributed by atoms with Gasteiger partial charge >= 0.3 is 0 Å². The van der Waals surface area contributed by atoms with Gasteiger partial charge in [0.1, 0.15) is 4.90 Å². The second-order valence-corrected chi connectivity index (χ2v) is 8.35. The molecule has 0 radical (unpaired) electrons. The smallest absolute Gasteiger partial charge is 0.244 e. The van der Waals surface area contributed by atoms with Gasteiger partial charge in [0, 0.05) is 25.2 Å². The van der Waals surface area contributed by atoms with E-state index in [1.165, 1.54) is 12.8 Å². The Hall–Kier alpha value is -0.620. The summed E-state index contributed by atoms with van der Waals surface area (Å²) < 4.78 is 27.1. The Kier molecular flexibility index (Phi) is 2.90. The maximum atomic E-state index is 12.7. The summed E-state index contributed by atoms with van der Waals surface area (Å²) in [5.74, 6) is 0.956. The first-order valence-electron chi connectivity index (χ1n) is 7.08. The number of fused-ring (bicyclic) bond motifs is 5. The molecule has 1 aromatic carbocycles. The van der Waals surface area contributed by atoms with Gasteiger partial charge in [0.15, 0.2) is 0 Å². The quantitative estimate of drug-likeness (QED) is 0.904. The number of rotatable bonds is 2. The number of nitrogens with one attached hydrogen (secondary N) is 1. The number of nitrogens with zero attached hydrogens (tertiary/aromatic N) is 1. The average Bonchev–Trinajstić information content (AvgIpc) is 3.11. The first kappa shape index (κ1) is 13.1. The summed E-state index contributed by atoms with van der Waals surface area (Å²) in [6, 6.07) is 7.73. The van der Waals surface area contributed by atoms with Crippen molar-refractivity contribution in [3.63, 3.8) is 0 Å². The van der Waals surface area contributed by atoms with E-state index in [1.807, 2.05) is 0 Å². The molecule has 0 saturated carbocycles. The van der Waals surface area contributed by atoms with Crippen molar-refractivity contribution in [2.45, 2.75) is 29.8 Å². The SMILES string of the molecule is O=S(=O)(c1ccccc1Cl)N1C[C@@H]2[C@H](C1)[C@@H]1CC[C@H]2N1. The van der Waals surface area contributed by atoms with Crippen LogP contribution in [0.4, 0.5) is 0 Å². The van der Waals surface area contributed by atoms with Crippen molar-refractivity contribution in [1.29, 1.82) is 0 Å². The van der Waals surface area contributed by atoms with Crippen LogP contribution in [-0.4, -0.2) is 37.9 Å². The van der Waals surface area contributed by atoms with Crippen LogP contribution < -0.4 is 5.32 Å². The van der Waals surface area contributed by atoms with E-state index in [9.17, 15) is 8.42 Å². The lowest BCUT2D eigenvalue weighted by molar-refractivity contribution is 0.354. The lowest BCUT2D eigenvalue weighted by atomic mass is 9.82. The van der Waals surface area contributed by atoms with Crippen LogP contribution in [0.1, 0.15) is 12.8 Å². The third-order valence-electron chi connectivity index (χ3n) is 5.08. The molecule has 1 aromatic rings. The minimum absolute atomic E-state index is 0.238. The molecule has 3 heterocycles. The maximum Gasteiger partial charge on any atom is 0.244 e. The van der Waals surface area contributed by atoms with Gasteiger partial charge in [0.25, 0.3) is 0 Å². The Morgan fingerprint density at radius 1 is 1.10 bits per heavy atom. The Morgan fingerprint density at radius 2 is 1.70 bits per heavy atom. The molecule has 0 amide bonds. The van der Waals surface area contributed by atoms with Gasteiger partial charge in [0.05, 0.1) is 5.02 Å². The molecule has 6 heteroatoms. The van der Waals surface area contributed by atoms with Crippen molar-refractivity contribution in [3.8, 4) is 0 Å². The highest BCUT2D eigenvalue weighted by Gasteiger charge is 2.53. The second kappa shape index (κ2) is 4.44. The second-order valence-electron chi connectivity index (χ2n) is 6.04. The lowest BCUT2D eigenvalue weighted by Crippen LogP contribution is -2.35. The topological polar surface area (TPSA) is 49.4 Å². The van der Waals surface area contributed by atoms with Gasteiger partial charge in [-0.25, -0.2) is 8.42 Å². The van der Waals surface area contributed by atoms with Gasteiger partial charge in [-0.3, -0.25) is 0 Å². The Labute approximate surface area is 124 Å². The first-order valence-corrected chi connectivity index (χ1v) is 8.90. The summed E-state index contributed by atoms with van der Waals surface area (Å²) in [5.41, 5.74) is 0. The van der Waals surface area contributed by atoms with Gasteiger partial charge < -0.3 is 5.32 Å². The van der Waals surface area contributed by atoms with Crippen molar-refractivity contribution in [1.82, 2.24) is 9.62 Å². The molecular weight excluding hydrogens is 296 g/mol. The molecule has 3 saturated heterocycles. The third-order valence-corrected chi connectivity index (χ3v) is 7.42. The standard InChI is InChI=1S/C14H17ClN2O2S/c15-11-3-1-2-4-14(11)20(18,19)17-7-9-10(8-17)13-6-5-12(9)16-13/h1-4,9-10,12-13,16H,5-8H2/t9-,10+,12-,13+. The minimum Gasteiger partial charge on any atom is -0.311 e. The van der Waals surface area contributed by atoms with Crippen molar-refractivity contribution in [3.05, 3.63) is 29.3 Å². The van der Waals surface area contributed by atoms with Crippen LogP contribution in [0.15, 0.2) is 29.2 Å². The summed E-state index contributed by atoms with van der Waals surface area (Å²) in [5, 5.41) is 3.92. The third kappa shape index (κ3) is 1.77. The predicted molar refractivity (Wildman–Crippen MR) is 77.1 cm³/mol.